The van der Waals surface area contributed by atoms with Crippen LogP contribution in [0.5, 0.6) is 0 Å². The van der Waals surface area contributed by atoms with Gasteiger partial charge in [0.25, 0.3) is 5.16 Å². The number of carbonyl (C=O) groups is 1. The number of pyridine rings is 1. The third-order valence-electron chi connectivity index (χ3n) is 4.19. The predicted molar refractivity (Wildman–Crippen MR) is 92.7 cm³/mol. The van der Waals surface area contributed by atoms with Crippen LogP contribution in [0.3, 0.4) is 0 Å². The molecule has 1 saturated heterocycles. The fraction of sp³-hybridized carbons (Fsp3) is 0.333. The molecular formula is C15H15ClN6O3S. The number of hydrogen-bond donors (Lipinski definition) is 0. The molecule has 1 fully saturated rings. The maximum Gasteiger partial charge on any atom is 0.346 e. The van der Waals surface area contributed by atoms with Gasteiger partial charge < -0.3 is 4.90 Å². The summed E-state index contributed by atoms with van der Waals surface area (Å²) in [5, 5.41) is 3.66. The molecule has 136 valence electrons. The Kier molecular flexibility index (Phi) is 4.16. The number of carbonyl (C=O) groups excluding carboxylic acids is 1. The van der Waals surface area contributed by atoms with Crippen LogP contribution in [0.25, 0.3) is 5.65 Å². The molecule has 26 heavy (non-hydrogen) atoms. The molecule has 1 aliphatic heterocycles. The first-order valence-electron chi connectivity index (χ1n) is 8.01. The topological polar surface area (TPSA) is 102 Å². The second-order valence-corrected chi connectivity index (χ2v) is 8.23. The van der Waals surface area contributed by atoms with Crippen molar-refractivity contribution in [1.82, 2.24) is 29.0 Å². The maximum atomic E-state index is 12.6. The third-order valence-corrected chi connectivity index (χ3v) is 5.98. The van der Waals surface area contributed by atoms with E-state index < -0.39 is 20.7 Å². The van der Waals surface area contributed by atoms with Gasteiger partial charge in [-0.05, 0) is 25.0 Å². The molecule has 0 unspecified atom stereocenters. The molecule has 1 aliphatic rings. The van der Waals surface area contributed by atoms with Crippen molar-refractivity contribution in [3.8, 4) is 0 Å². The number of hydrogen-bond acceptors (Lipinski definition) is 6. The number of nitrogens with zero attached hydrogens (tertiary/aromatic N) is 6. The number of rotatable bonds is 3. The summed E-state index contributed by atoms with van der Waals surface area (Å²) in [7, 11) is -3.89. The van der Waals surface area contributed by atoms with Gasteiger partial charge in [0.15, 0.2) is 0 Å². The zero-order valence-corrected chi connectivity index (χ0v) is 15.2. The lowest BCUT2D eigenvalue weighted by molar-refractivity contribution is 0.207. The molecule has 0 aliphatic carbocycles. The van der Waals surface area contributed by atoms with Crippen molar-refractivity contribution in [2.75, 3.05) is 13.1 Å². The molecule has 4 rings (SSSR count). The number of imidazole rings is 1. The van der Waals surface area contributed by atoms with Gasteiger partial charge in [-0.3, -0.25) is 4.40 Å². The van der Waals surface area contributed by atoms with Crippen molar-refractivity contribution < 1.29 is 13.2 Å². The van der Waals surface area contributed by atoms with Gasteiger partial charge in [-0.15, -0.1) is 5.10 Å². The fourth-order valence-electron chi connectivity index (χ4n) is 2.89. The summed E-state index contributed by atoms with van der Waals surface area (Å²) in [5.74, 6) is -0.449. The summed E-state index contributed by atoms with van der Waals surface area (Å²) in [5.41, 5.74) is 0.755. The van der Waals surface area contributed by atoms with Crippen LogP contribution in [-0.2, 0) is 15.6 Å². The third kappa shape index (κ3) is 2.95. The molecule has 0 radical (unpaired) electrons. The number of aromatic nitrogens is 5. The number of amides is 1. The highest BCUT2D eigenvalue weighted by Crippen LogP contribution is 2.22. The Morgan fingerprint density at radius 3 is 2.73 bits per heavy atom. The Balaban J connectivity index is 1.60. The van der Waals surface area contributed by atoms with Crippen LogP contribution >= 0.6 is 11.6 Å². The number of fused-ring (bicyclic) bond motifs is 1. The van der Waals surface area contributed by atoms with Crippen molar-refractivity contribution >= 4 is 33.1 Å². The first kappa shape index (κ1) is 17.0. The summed E-state index contributed by atoms with van der Waals surface area (Å²) in [4.78, 5) is 21.9. The molecule has 0 bridgehead atoms. The molecule has 11 heteroatoms. The van der Waals surface area contributed by atoms with Crippen molar-refractivity contribution in [2.24, 2.45) is 0 Å². The summed E-state index contributed by atoms with van der Waals surface area (Å²) >= 11 is 6.22. The molecule has 0 atom stereocenters. The van der Waals surface area contributed by atoms with E-state index in [0.29, 0.717) is 18.7 Å². The Bertz CT molecular complexity index is 1080. The molecule has 9 nitrogen and oxygen atoms in total. The molecule has 0 saturated carbocycles. The highest BCUT2D eigenvalue weighted by atomic mass is 35.5. The van der Waals surface area contributed by atoms with E-state index in [1.54, 1.807) is 33.7 Å². The van der Waals surface area contributed by atoms with Crippen molar-refractivity contribution in [3.05, 3.63) is 41.6 Å². The van der Waals surface area contributed by atoms with Gasteiger partial charge in [0, 0.05) is 19.3 Å². The minimum Gasteiger partial charge on any atom is -0.323 e. The van der Waals surface area contributed by atoms with Crippen molar-refractivity contribution in [1.29, 1.82) is 0 Å². The van der Waals surface area contributed by atoms with Gasteiger partial charge in [-0.2, -0.15) is 4.68 Å². The fourth-order valence-corrected chi connectivity index (χ4v) is 4.33. The minimum atomic E-state index is -3.89. The van der Waals surface area contributed by atoms with E-state index in [4.69, 9.17) is 11.6 Å². The van der Waals surface area contributed by atoms with Crippen LogP contribution in [-0.4, -0.2) is 56.6 Å². The van der Waals surface area contributed by atoms with E-state index in [1.807, 2.05) is 0 Å². The SMILES string of the molecule is O=C(N1CCCC1)n1cnc(S(=O)(=O)Cc2nc3ccccn3c2Cl)n1. The van der Waals surface area contributed by atoms with Gasteiger partial charge in [0.1, 0.15) is 22.9 Å². The molecular weight excluding hydrogens is 380 g/mol. The Morgan fingerprint density at radius 1 is 1.23 bits per heavy atom. The molecule has 3 aromatic rings. The van der Waals surface area contributed by atoms with Crippen LogP contribution in [0.4, 0.5) is 4.79 Å². The second-order valence-electron chi connectivity index (χ2n) is 5.99. The van der Waals surface area contributed by atoms with E-state index in [9.17, 15) is 13.2 Å². The van der Waals surface area contributed by atoms with E-state index >= 15 is 0 Å². The normalized spacial score (nSPS) is 15.0. The van der Waals surface area contributed by atoms with Crippen LogP contribution < -0.4 is 0 Å². The maximum absolute atomic E-state index is 12.6. The second kappa shape index (κ2) is 6.36. The number of halogens is 1. The van der Waals surface area contributed by atoms with Crippen LogP contribution in [0.15, 0.2) is 35.9 Å². The number of sulfone groups is 1. The van der Waals surface area contributed by atoms with Gasteiger partial charge in [-0.25, -0.2) is 23.2 Å². The lowest BCUT2D eigenvalue weighted by Gasteiger charge is -2.13. The summed E-state index contributed by atoms with van der Waals surface area (Å²) in [6, 6.07) is 4.90. The lowest BCUT2D eigenvalue weighted by atomic mass is 10.4. The molecule has 0 aromatic carbocycles. The molecule has 4 heterocycles. The average Bonchev–Trinajstić information content (AvgIpc) is 3.35. The average molecular weight is 395 g/mol. The zero-order chi connectivity index (χ0) is 18.3. The van der Waals surface area contributed by atoms with Crippen LogP contribution in [0.2, 0.25) is 5.15 Å². The summed E-state index contributed by atoms with van der Waals surface area (Å²) in [6.07, 6.45) is 4.68. The molecule has 1 amide bonds. The van der Waals surface area contributed by atoms with Crippen molar-refractivity contribution in [3.63, 3.8) is 0 Å². The van der Waals surface area contributed by atoms with Gasteiger partial charge >= 0.3 is 6.03 Å². The molecule has 3 aromatic heterocycles. The van der Waals surface area contributed by atoms with Crippen LogP contribution in [0.1, 0.15) is 18.5 Å². The Morgan fingerprint density at radius 2 is 2.00 bits per heavy atom. The summed E-state index contributed by atoms with van der Waals surface area (Å²) < 4.78 is 27.8. The first-order valence-corrected chi connectivity index (χ1v) is 10.0. The smallest absolute Gasteiger partial charge is 0.323 e. The van der Waals surface area contributed by atoms with E-state index in [0.717, 1.165) is 23.9 Å². The van der Waals surface area contributed by atoms with E-state index in [1.165, 1.54) is 0 Å². The quantitative estimate of drug-likeness (QED) is 0.668. The predicted octanol–water partition coefficient (Wildman–Crippen LogP) is 1.62. The van der Waals surface area contributed by atoms with Gasteiger partial charge in [0.05, 0.1) is 5.69 Å². The highest BCUT2D eigenvalue weighted by Gasteiger charge is 2.27. The van der Waals surface area contributed by atoms with E-state index in [-0.39, 0.29) is 16.9 Å². The molecule has 0 spiro atoms. The van der Waals surface area contributed by atoms with Crippen molar-refractivity contribution in [2.45, 2.75) is 23.8 Å². The van der Waals surface area contributed by atoms with E-state index in [2.05, 4.69) is 15.1 Å². The Hall–Kier alpha value is -2.46. The standard InChI is InChI=1S/C15H15ClN6O3S/c16-13-11(18-12-5-1-2-8-21(12)13)9-26(24,25)14-17-10-22(19-14)15(23)20-6-3-4-7-20/h1-2,5,8,10H,3-4,6-7,9H2. The molecule has 0 N–H and O–H groups in total. The lowest BCUT2D eigenvalue weighted by Crippen LogP contribution is -2.32. The van der Waals surface area contributed by atoms with Gasteiger partial charge in [-0.1, -0.05) is 17.7 Å². The first-order chi connectivity index (χ1) is 12.5. The minimum absolute atomic E-state index is 0.208. The highest BCUT2D eigenvalue weighted by molar-refractivity contribution is 7.90. The largest absolute Gasteiger partial charge is 0.346 e. The van der Waals surface area contributed by atoms with Gasteiger partial charge in [0.2, 0.25) is 9.84 Å². The number of likely N-dealkylation sites (tertiary alicyclic amines) is 1. The summed E-state index contributed by atoms with van der Waals surface area (Å²) in [6.45, 7) is 1.27. The zero-order valence-electron chi connectivity index (χ0n) is 13.6. The monoisotopic (exact) mass is 394 g/mol. The Labute approximate surface area is 154 Å². The van der Waals surface area contributed by atoms with Crippen LogP contribution in [0, 0.1) is 0 Å².